The number of hydrogen-bond acceptors (Lipinski definition) is 5. The number of anilines is 1. The number of amides is 1. The van der Waals surface area contributed by atoms with Crippen molar-refractivity contribution >= 4 is 42.6 Å². The van der Waals surface area contributed by atoms with Gasteiger partial charge in [0.05, 0.1) is 21.7 Å². The molecule has 0 aliphatic rings. The molecule has 38 heavy (non-hydrogen) atoms. The van der Waals surface area contributed by atoms with Crippen LogP contribution in [-0.4, -0.2) is 36.7 Å². The molecule has 0 spiro atoms. The van der Waals surface area contributed by atoms with Gasteiger partial charge >= 0.3 is 0 Å². The van der Waals surface area contributed by atoms with Crippen molar-refractivity contribution < 1.29 is 13.2 Å². The third-order valence-electron chi connectivity index (χ3n) is 6.57. The summed E-state index contributed by atoms with van der Waals surface area (Å²) in [5.74, 6) is 0.0858. The van der Waals surface area contributed by atoms with Crippen molar-refractivity contribution in [2.45, 2.75) is 57.9 Å². The fourth-order valence-corrected chi connectivity index (χ4v) is 6.87. The van der Waals surface area contributed by atoms with Gasteiger partial charge in [-0.3, -0.25) is 9.69 Å². The Morgan fingerprint density at radius 2 is 1.66 bits per heavy atom. The number of hydrogen-bond donors (Lipinski definition) is 0. The molecular formula is C30H35N3O3S2. The van der Waals surface area contributed by atoms with Crippen molar-refractivity contribution in [1.29, 1.82) is 0 Å². The van der Waals surface area contributed by atoms with Gasteiger partial charge in [-0.1, -0.05) is 87.9 Å². The lowest BCUT2D eigenvalue weighted by Gasteiger charge is -2.22. The highest BCUT2D eigenvalue weighted by molar-refractivity contribution is 7.89. The molecule has 3 aromatic carbocycles. The summed E-state index contributed by atoms with van der Waals surface area (Å²) in [5, 5.41) is 0.621. The Morgan fingerprint density at radius 1 is 0.947 bits per heavy atom. The Morgan fingerprint density at radius 3 is 2.29 bits per heavy atom. The number of aromatic nitrogens is 1. The quantitative estimate of drug-likeness (QED) is 0.200. The normalized spacial score (nSPS) is 11.9. The van der Waals surface area contributed by atoms with Gasteiger partial charge in [0.2, 0.25) is 10.0 Å². The van der Waals surface area contributed by atoms with Gasteiger partial charge in [0.25, 0.3) is 5.91 Å². The number of benzene rings is 3. The van der Waals surface area contributed by atoms with Gasteiger partial charge in [-0.25, -0.2) is 13.4 Å². The minimum absolute atomic E-state index is 0.197. The SMILES string of the molecule is CCCCN(CC)S(=O)(=O)c1ccc(C(=O)N(Cc2ccccc2)c2nc3c(C(C)C)cccc3s2)cc1. The minimum atomic E-state index is -3.62. The zero-order chi connectivity index (χ0) is 27.3. The second kappa shape index (κ2) is 12.2. The Kier molecular flexibility index (Phi) is 8.97. The Hall–Kier alpha value is -3.07. The van der Waals surface area contributed by atoms with E-state index >= 15 is 0 Å². The maximum atomic E-state index is 13.9. The van der Waals surface area contributed by atoms with E-state index in [0.717, 1.165) is 34.2 Å². The van der Waals surface area contributed by atoms with E-state index in [1.807, 2.05) is 56.3 Å². The molecule has 4 rings (SSSR count). The molecule has 0 unspecified atom stereocenters. The predicted octanol–water partition coefficient (Wildman–Crippen LogP) is 7.08. The van der Waals surface area contributed by atoms with Crippen LogP contribution in [0.2, 0.25) is 0 Å². The second-order valence-corrected chi connectivity index (χ2v) is 12.5. The fourth-order valence-electron chi connectivity index (χ4n) is 4.39. The summed E-state index contributed by atoms with van der Waals surface area (Å²) < 4.78 is 28.8. The summed E-state index contributed by atoms with van der Waals surface area (Å²) in [5.41, 5.74) is 3.47. The molecule has 1 amide bonds. The first-order valence-electron chi connectivity index (χ1n) is 13.1. The summed E-state index contributed by atoms with van der Waals surface area (Å²) in [6, 6.07) is 22.2. The minimum Gasteiger partial charge on any atom is -0.279 e. The number of nitrogens with zero attached hydrogens (tertiary/aromatic N) is 3. The van der Waals surface area contributed by atoms with Crippen molar-refractivity contribution in [2.75, 3.05) is 18.0 Å². The maximum absolute atomic E-state index is 13.9. The van der Waals surface area contributed by atoms with E-state index in [2.05, 4.69) is 19.9 Å². The zero-order valence-corrected chi connectivity index (χ0v) is 24.1. The highest BCUT2D eigenvalue weighted by Crippen LogP contribution is 2.35. The first-order chi connectivity index (χ1) is 18.3. The van der Waals surface area contributed by atoms with Crippen LogP contribution >= 0.6 is 11.3 Å². The number of carbonyl (C=O) groups excluding carboxylic acids is 1. The monoisotopic (exact) mass is 549 g/mol. The summed E-state index contributed by atoms with van der Waals surface area (Å²) in [7, 11) is -3.62. The van der Waals surface area contributed by atoms with E-state index in [-0.39, 0.29) is 10.8 Å². The Labute approximate surface area is 230 Å². The molecule has 1 heterocycles. The number of para-hydroxylation sites is 1. The highest BCUT2D eigenvalue weighted by atomic mass is 32.2. The molecule has 0 aliphatic carbocycles. The van der Waals surface area contributed by atoms with Gasteiger partial charge in [0.15, 0.2) is 5.13 Å². The lowest BCUT2D eigenvalue weighted by molar-refractivity contribution is 0.0985. The second-order valence-electron chi connectivity index (χ2n) is 9.60. The van der Waals surface area contributed by atoms with Crippen LogP contribution < -0.4 is 4.90 Å². The van der Waals surface area contributed by atoms with E-state index < -0.39 is 10.0 Å². The van der Waals surface area contributed by atoms with Crippen LogP contribution in [0.1, 0.15) is 67.9 Å². The lowest BCUT2D eigenvalue weighted by atomic mass is 10.0. The summed E-state index contributed by atoms with van der Waals surface area (Å²) in [6.07, 6.45) is 1.72. The molecule has 0 N–H and O–H groups in total. The molecule has 200 valence electrons. The topological polar surface area (TPSA) is 70.6 Å². The number of fused-ring (bicyclic) bond motifs is 1. The summed E-state index contributed by atoms with van der Waals surface area (Å²) in [4.78, 5) is 20.7. The third-order valence-corrected chi connectivity index (χ3v) is 9.61. The number of sulfonamides is 1. The van der Waals surface area contributed by atoms with Crippen LogP contribution in [0.3, 0.4) is 0 Å². The molecule has 4 aromatic rings. The molecule has 0 bridgehead atoms. The Bertz CT molecular complexity index is 1480. The number of carbonyl (C=O) groups is 1. The molecule has 0 aliphatic heterocycles. The largest absolute Gasteiger partial charge is 0.279 e. The van der Waals surface area contributed by atoms with Gasteiger partial charge in [0, 0.05) is 18.7 Å². The molecule has 1 aromatic heterocycles. The van der Waals surface area contributed by atoms with Crippen LogP contribution in [0.25, 0.3) is 10.2 Å². The van der Waals surface area contributed by atoms with Crippen LogP contribution in [0.4, 0.5) is 5.13 Å². The van der Waals surface area contributed by atoms with Gasteiger partial charge in [0.1, 0.15) is 0 Å². The van der Waals surface area contributed by atoms with E-state index in [4.69, 9.17) is 4.98 Å². The van der Waals surface area contributed by atoms with E-state index in [1.54, 1.807) is 17.0 Å². The standard InChI is InChI=1S/C30H35N3O3S2/c1-5-7-20-32(6-2)38(35,36)25-18-16-24(17-19-25)29(34)33(21-23-12-9-8-10-13-23)30-31-28-26(22(3)4)14-11-15-27(28)37-30/h8-19,22H,5-7,20-21H2,1-4H3. The number of thiazole rings is 1. The average molecular weight is 550 g/mol. The van der Waals surface area contributed by atoms with Gasteiger partial charge in [-0.05, 0) is 53.8 Å². The first-order valence-corrected chi connectivity index (χ1v) is 15.4. The molecule has 0 saturated heterocycles. The molecule has 0 atom stereocenters. The molecule has 8 heteroatoms. The van der Waals surface area contributed by atoms with Crippen LogP contribution in [0.5, 0.6) is 0 Å². The highest BCUT2D eigenvalue weighted by Gasteiger charge is 2.25. The van der Waals surface area contributed by atoms with Crippen LogP contribution in [0.15, 0.2) is 77.7 Å². The molecular weight excluding hydrogens is 514 g/mol. The first kappa shape index (κ1) is 28.0. The zero-order valence-electron chi connectivity index (χ0n) is 22.4. The van der Waals surface area contributed by atoms with Crippen LogP contribution in [-0.2, 0) is 16.6 Å². The Balaban J connectivity index is 1.70. The van der Waals surface area contributed by atoms with Crippen molar-refractivity contribution in [3.05, 3.63) is 89.5 Å². The predicted molar refractivity (Wildman–Crippen MR) is 156 cm³/mol. The van der Waals surface area contributed by atoms with Gasteiger partial charge in [-0.2, -0.15) is 4.31 Å². The van der Waals surface area contributed by atoms with E-state index in [9.17, 15) is 13.2 Å². The van der Waals surface area contributed by atoms with Crippen molar-refractivity contribution in [3.8, 4) is 0 Å². The molecule has 0 saturated carbocycles. The smallest absolute Gasteiger partial charge is 0.260 e. The van der Waals surface area contributed by atoms with Crippen molar-refractivity contribution in [2.24, 2.45) is 0 Å². The van der Waals surface area contributed by atoms with E-state index in [0.29, 0.717) is 36.2 Å². The molecule has 0 fully saturated rings. The fraction of sp³-hybridized carbons (Fsp3) is 0.333. The van der Waals surface area contributed by atoms with Gasteiger partial charge < -0.3 is 0 Å². The van der Waals surface area contributed by atoms with Gasteiger partial charge in [-0.15, -0.1) is 0 Å². The molecule has 0 radical (unpaired) electrons. The van der Waals surface area contributed by atoms with E-state index in [1.165, 1.54) is 27.8 Å². The van der Waals surface area contributed by atoms with Crippen molar-refractivity contribution in [1.82, 2.24) is 9.29 Å². The average Bonchev–Trinajstić information content (AvgIpc) is 3.36. The summed E-state index contributed by atoms with van der Waals surface area (Å²) >= 11 is 1.49. The number of unbranched alkanes of at least 4 members (excludes halogenated alkanes) is 1. The summed E-state index contributed by atoms with van der Waals surface area (Å²) in [6.45, 7) is 9.40. The lowest BCUT2D eigenvalue weighted by Crippen LogP contribution is -2.32. The van der Waals surface area contributed by atoms with Crippen LogP contribution in [0, 0.1) is 0 Å². The number of rotatable bonds is 11. The molecule has 6 nitrogen and oxygen atoms in total. The maximum Gasteiger partial charge on any atom is 0.260 e. The van der Waals surface area contributed by atoms with Crippen molar-refractivity contribution in [3.63, 3.8) is 0 Å². The third kappa shape index (κ3) is 5.98.